The van der Waals surface area contributed by atoms with Crippen LogP contribution in [-0.2, 0) is 4.79 Å². The second-order valence-corrected chi connectivity index (χ2v) is 3.42. The van der Waals surface area contributed by atoms with Gasteiger partial charge in [0.25, 0.3) is 0 Å². The molecule has 2 N–H and O–H groups in total. The third kappa shape index (κ3) is 1.42. The number of hydrogen-bond acceptors (Lipinski definition) is 4. The predicted molar refractivity (Wildman–Crippen MR) is 50.2 cm³/mol. The number of benzene rings is 1. The lowest BCUT2D eigenvalue weighted by Gasteiger charge is -2.12. The van der Waals surface area contributed by atoms with Crippen LogP contribution in [-0.4, -0.2) is 23.0 Å². The van der Waals surface area contributed by atoms with Crippen LogP contribution in [0.5, 0.6) is 17.2 Å². The Kier molecular flexibility index (Phi) is 2.34. The molecule has 16 heavy (non-hydrogen) atoms. The van der Waals surface area contributed by atoms with Crippen molar-refractivity contribution in [2.75, 3.05) is 6.79 Å². The maximum absolute atomic E-state index is 13.6. The van der Waals surface area contributed by atoms with E-state index in [9.17, 15) is 14.3 Å². The topological polar surface area (TPSA) is 76.0 Å². The third-order valence-corrected chi connectivity index (χ3v) is 2.42. The molecule has 0 saturated carbocycles. The van der Waals surface area contributed by atoms with Crippen molar-refractivity contribution in [3.05, 3.63) is 17.4 Å². The minimum Gasteiger partial charge on any atom is -0.505 e. The highest BCUT2D eigenvalue weighted by molar-refractivity contribution is 5.78. The molecule has 1 aliphatic rings. The molecular formula is C10H9FO5. The molecule has 1 unspecified atom stereocenters. The minimum atomic E-state index is -1.21. The Morgan fingerprint density at radius 2 is 2.25 bits per heavy atom. The first-order valence-electron chi connectivity index (χ1n) is 4.56. The molecule has 1 aromatic rings. The Morgan fingerprint density at radius 3 is 2.88 bits per heavy atom. The summed E-state index contributed by atoms with van der Waals surface area (Å²) in [6, 6.07) is 1.07. The van der Waals surface area contributed by atoms with Crippen molar-refractivity contribution in [2.24, 2.45) is 0 Å². The molecule has 6 heteroatoms. The van der Waals surface area contributed by atoms with Gasteiger partial charge in [0, 0.05) is 6.07 Å². The number of ether oxygens (including phenoxy) is 2. The first-order valence-corrected chi connectivity index (χ1v) is 4.56. The summed E-state index contributed by atoms with van der Waals surface area (Å²) in [6.45, 7) is 1.19. The van der Waals surface area contributed by atoms with Gasteiger partial charge in [0.1, 0.15) is 0 Å². The van der Waals surface area contributed by atoms with Crippen LogP contribution in [0.3, 0.4) is 0 Å². The van der Waals surface area contributed by atoms with E-state index in [0.717, 1.165) is 6.07 Å². The average Bonchev–Trinajstić information content (AvgIpc) is 2.66. The van der Waals surface area contributed by atoms with Gasteiger partial charge in [-0.3, -0.25) is 4.79 Å². The zero-order valence-corrected chi connectivity index (χ0v) is 8.36. The van der Waals surface area contributed by atoms with E-state index < -0.39 is 23.5 Å². The molecule has 0 spiro atoms. The summed E-state index contributed by atoms with van der Waals surface area (Å²) in [7, 11) is 0. The van der Waals surface area contributed by atoms with Gasteiger partial charge in [0.2, 0.25) is 6.79 Å². The number of rotatable bonds is 2. The van der Waals surface area contributed by atoms with Gasteiger partial charge in [-0.2, -0.15) is 0 Å². The number of aliphatic carboxylic acids is 1. The Hall–Kier alpha value is -1.98. The van der Waals surface area contributed by atoms with Crippen molar-refractivity contribution in [3.63, 3.8) is 0 Å². The first-order chi connectivity index (χ1) is 7.52. The van der Waals surface area contributed by atoms with Crippen molar-refractivity contribution in [1.82, 2.24) is 0 Å². The number of phenols is 1. The molecule has 1 aliphatic heterocycles. The number of carboxylic acids is 1. The number of carboxylic acid groups (broad SMARTS) is 1. The Morgan fingerprint density at radius 1 is 1.56 bits per heavy atom. The smallest absolute Gasteiger partial charge is 0.310 e. The zero-order chi connectivity index (χ0) is 11.9. The number of aromatic hydroxyl groups is 1. The molecule has 86 valence electrons. The van der Waals surface area contributed by atoms with E-state index in [-0.39, 0.29) is 23.9 Å². The molecule has 1 heterocycles. The van der Waals surface area contributed by atoms with Gasteiger partial charge in [0.05, 0.1) is 11.5 Å². The fourth-order valence-electron chi connectivity index (χ4n) is 1.54. The molecule has 1 atom stereocenters. The molecule has 0 saturated heterocycles. The van der Waals surface area contributed by atoms with Gasteiger partial charge in [-0.25, -0.2) is 4.39 Å². The maximum Gasteiger partial charge on any atom is 0.310 e. The SMILES string of the molecule is CC(C(=O)O)c1c(F)c(O)cc2c1OCO2. The lowest BCUT2D eigenvalue weighted by molar-refractivity contribution is -0.138. The second kappa shape index (κ2) is 3.55. The average molecular weight is 228 g/mol. The first kappa shape index (κ1) is 10.5. The van der Waals surface area contributed by atoms with Crippen molar-refractivity contribution in [1.29, 1.82) is 0 Å². The van der Waals surface area contributed by atoms with Gasteiger partial charge >= 0.3 is 5.97 Å². The quantitative estimate of drug-likeness (QED) is 0.801. The summed E-state index contributed by atoms with van der Waals surface area (Å²) in [5.41, 5.74) is -0.194. The monoisotopic (exact) mass is 228 g/mol. The number of fused-ring (bicyclic) bond motifs is 1. The molecule has 5 nitrogen and oxygen atoms in total. The highest BCUT2D eigenvalue weighted by Gasteiger charge is 2.30. The molecule has 2 rings (SSSR count). The summed E-state index contributed by atoms with van der Waals surface area (Å²) < 4.78 is 23.6. The van der Waals surface area contributed by atoms with Crippen LogP contribution in [0, 0.1) is 5.82 Å². The van der Waals surface area contributed by atoms with E-state index in [4.69, 9.17) is 14.6 Å². The van der Waals surface area contributed by atoms with Crippen molar-refractivity contribution in [2.45, 2.75) is 12.8 Å². The van der Waals surface area contributed by atoms with E-state index >= 15 is 0 Å². The summed E-state index contributed by atoms with van der Waals surface area (Å²) in [5.74, 6) is -3.76. The van der Waals surface area contributed by atoms with Gasteiger partial charge in [0.15, 0.2) is 23.1 Å². The second-order valence-electron chi connectivity index (χ2n) is 3.42. The lowest BCUT2D eigenvalue weighted by Crippen LogP contribution is -2.10. The standard InChI is InChI=1S/C10H9FO5/c1-4(10(13)14)7-8(11)5(12)2-6-9(7)16-3-15-6/h2,4,12H,3H2,1H3,(H,13,14). The number of halogens is 1. The van der Waals surface area contributed by atoms with Gasteiger partial charge in [-0.1, -0.05) is 0 Å². The molecule has 0 radical (unpaired) electrons. The number of phenolic OH excluding ortho intramolecular Hbond substituents is 1. The molecule has 1 aromatic carbocycles. The summed E-state index contributed by atoms with van der Waals surface area (Å²) in [6.07, 6.45) is 0. The van der Waals surface area contributed by atoms with Crippen LogP contribution in [0.15, 0.2) is 6.07 Å². The predicted octanol–water partition coefficient (Wildman–Crippen LogP) is 1.45. The van der Waals surface area contributed by atoms with E-state index in [0.29, 0.717) is 0 Å². The Balaban J connectivity index is 2.63. The van der Waals surface area contributed by atoms with Crippen LogP contribution in [0.1, 0.15) is 18.4 Å². The molecule has 0 fully saturated rings. The van der Waals surface area contributed by atoms with Gasteiger partial charge < -0.3 is 19.7 Å². The highest BCUT2D eigenvalue weighted by Crippen LogP contribution is 2.44. The third-order valence-electron chi connectivity index (χ3n) is 2.42. The molecule has 0 aliphatic carbocycles. The zero-order valence-electron chi connectivity index (χ0n) is 8.36. The fraction of sp³-hybridized carbons (Fsp3) is 0.300. The summed E-state index contributed by atoms with van der Waals surface area (Å²) in [5, 5.41) is 18.1. The summed E-state index contributed by atoms with van der Waals surface area (Å²) in [4.78, 5) is 10.8. The van der Waals surface area contributed by atoms with Gasteiger partial charge in [-0.15, -0.1) is 0 Å². The van der Waals surface area contributed by atoms with Crippen LogP contribution in [0.2, 0.25) is 0 Å². The van der Waals surface area contributed by atoms with Crippen LogP contribution >= 0.6 is 0 Å². The minimum absolute atomic E-state index is 0.0465. The van der Waals surface area contributed by atoms with Crippen LogP contribution < -0.4 is 9.47 Å². The lowest BCUT2D eigenvalue weighted by atomic mass is 9.98. The van der Waals surface area contributed by atoms with E-state index in [1.165, 1.54) is 6.92 Å². The molecule has 0 bridgehead atoms. The van der Waals surface area contributed by atoms with Crippen LogP contribution in [0.25, 0.3) is 0 Å². The van der Waals surface area contributed by atoms with Crippen molar-refractivity contribution >= 4 is 5.97 Å². The van der Waals surface area contributed by atoms with Crippen molar-refractivity contribution in [3.8, 4) is 17.2 Å². The molecular weight excluding hydrogens is 219 g/mol. The highest BCUT2D eigenvalue weighted by atomic mass is 19.1. The van der Waals surface area contributed by atoms with E-state index in [2.05, 4.69) is 0 Å². The van der Waals surface area contributed by atoms with Gasteiger partial charge in [-0.05, 0) is 6.92 Å². The van der Waals surface area contributed by atoms with E-state index in [1.807, 2.05) is 0 Å². The fourth-order valence-corrected chi connectivity index (χ4v) is 1.54. The molecule has 0 amide bonds. The number of hydrogen-bond donors (Lipinski definition) is 2. The van der Waals surface area contributed by atoms with E-state index in [1.54, 1.807) is 0 Å². The Labute approximate surface area is 90.0 Å². The largest absolute Gasteiger partial charge is 0.505 e. The molecule has 0 aromatic heterocycles. The van der Waals surface area contributed by atoms with Crippen LogP contribution in [0.4, 0.5) is 4.39 Å². The Bertz CT molecular complexity index is 457. The number of carbonyl (C=O) groups is 1. The normalized spacial score (nSPS) is 14.9. The van der Waals surface area contributed by atoms with Crippen molar-refractivity contribution < 1.29 is 28.9 Å². The summed E-state index contributed by atoms with van der Waals surface area (Å²) >= 11 is 0. The maximum atomic E-state index is 13.6.